The second kappa shape index (κ2) is 4.50. The molecular formula is C8H9F3N2O3. The summed E-state index contributed by atoms with van der Waals surface area (Å²) >= 11 is 0. The lowest BCUT2D eigenvalue weighted by atomic mass is 10.3. The molecule has 0 spiro atoms. The summed E-state index contributed by atoms with van der Waals surface area (Å²) in [5.41, 5.74) is 0. The van der Waals surface area contributed by atoms with E-state index < -0.39 is 31.1 Å². The van der Waals surface area contributed by atoms with Crippen LogP contribution in [0.25, 0.3) is 0 Å². The lowest BCUT2D eigenvalue weighted by Gasteiger charge is -2.14. The number of hydrogen-bond acceptors (Lipinski definition) is 3. The minimum atomic E-state index is -4.49. The van der Waals surface area contributed by atoms with Gasteiger partial charge in [0.15, 0.2) is 5.78 Å². The zero-order chi connectivity index (χ0) is 12.3. The van der Waals surface area contributed by atoms with Gasteiger partial charge in [0, 0.05) is 0 Å². The van der Waals surface area contributed by atoms with Crippen molar-refractivity contribution in [2.75, 3.05) is 19.6 Å². The largest absolute Gasteiger partial charge is 0.405 e. The van der Waals surface area contributed by atoms with Crippen LogP contribution in [-0.4, -0.2) is 48.3 Å². The Hall–Kier alpha value is -1.60. The molecule has 2 amide bonds. The van der Waals surface area contributed by atoms with Gasteiger partial charge in [-0.05, 0) is 0 Å². The minimum absolute atomic E-state index is 0.210. The molecule has 0 aromatic heterocycles. The number of hydrogen-bond donors (Lipinski definition) is 1. The van der Waals surface area contributed by atoms with Gasteiger partial charge < -0.3 is 10.2 Å². The Morgan fingerprint density at radius 1 is 1.38 bits per heavy atom. The first-order valence-corrected chi connectivity index (χ1v) is 4.41. The van der Waals surface area contributed by atoms with E-state index in [1.807, 2.05) is 0 Å². The standard InChI is InChI=1S/C8H9F3N2O3/c9-8(10,11)4-12-6(15)3-13-2-5(14)1-7(13)16/h1-4H2,(H,12,15). The van der Waals surface area contributed by atoms with Crippen molar-refractivity contribution in [2.24, 2.45) is 0 Å². The van der Waals surface area contributed by atoms with E-state index in [0.29, 0.717) is 0 Å². The summed E-state index contributed by atoms with van der Waals surface area (Å²) < 4.78 is 35.2. The molecule has 16 heavy (non-hydrogen) atoms. The third-order valence-electron chi connectivity index (χ3n) is 1.89. The van der Waals surface area contributed by atoms with Gasteiger partial charge in [-0.1, -0.05) is 0 Å². The Balaban J connectivity index is 2.35. The number of rotatable bonds is 3. The summed E-state index contributed by atoms with van der Waals surface area (Å²) in [5.74, 6) is -1.80. The van der Waals surface area contributed by atoms with Crippen molar-refractivity contribution in [2.45, 2.75) is 12.6 Å². The highest BCUT2D eigenvalue weighted by atomic mass is 19.4. The number of carbonyl (C=O) groups excluding carboxylic acids is 3. The summed E-state index contributed by atoms with van der Waals surface area (Å²) in [4.78, 5) is 33.7. The van der Waals surface area contributed by atoms with E-state index >= 15 is 0 Å². The van der Waals surface area contributed by atoms with Crippen molar-refractivity contribution in [3.8, 4) is 0 Å². The number of Topliss-reactive ketones (excluding diaryl/α,β-unsaturated/α-hetero) is 1. The first-order valence-electron chi connectivity index (χ1n) is 4.41. The topological polar surface area (TPSA) is 66.5 Å². The van der Waals surface area contributed by atoms with Gasteiger partial charge in [0.25, 0.3) is 0 Å². The number of halogens is 3. The molecule has 1 heterocycles. The first-order chi connectivity index (χ1) is 7.28. The molecule has 1 saturated heterocycles. The lowest BCUT2D eigenvalue weighted by Crippen LogP contribution is -2.41. The normalized spacial score (nSPS) is 16.8. The third-order valence-corrected chi connectivity index (χ3v) is 1.89. The highest BCUT2D eigenvalue weighted by molar-refractivity contribution is 6.06. The Labute approximate surface area is 88.6 Å². The lowest BCUT2D eigenvalue weighted by molar-refractivity contribution is -0.141. The third kappa shape index (κ3) is 3.87. The SMILES string of the molecule is O=C1CC(=O)N(CC(=O)NCC(F)(F)F)C1. The molecule has 1 aliphatic rings. The van der Waals surface area contributed by atoms with Crippen LogP contribution >= 0.6 is 0 Å². The summed E-state index contributed by atoms with van der Waals surface area (Å²) in [6.45, 7) is -2.17. The van der Waals surface area contributed by atoms with E-state index in [-0.39, 0.29) is 18.7 Å². The van der Waals surface area contributed by atoms with Crippen molar-refractivity contribution in [3.63, 3.8) is 0 Å². The summed E-state index contributed by atoms with van der Waals surface area (Å²) in [6.07, 6.45) is -4.77. The summed E-state index contributed by atoms with van der Waals surface area (Å²) in [6, 6.07) is 0. The Kier molecular flexibility index (Phi) is 3.51. The molecule has 0 unspecified atom stereocenters. The van der Waals surface area contributed by atoms with Gasteiger partial charge in [0.1, 0.15) is 6.54 Å². The maximum atomic E-state index is 11.7. The van der Waals surface area contributed by atoms with Crippen molar-refractivity contribution in [1.82, 2.24) is 10.2 Å². The summed E-state index contributed by atoms with van der Waals surface area (Å²) in [7, 11) is 0. The average molecular weight is 238 g/mol. The van der Waals surface area contributed by atoms with E-state index in [9.17, 15) is 27.6 Å². The maximum absolute atomic E-state index is 11.7. The van der Waals surface area contributed by atoms with Crippen molar-refractivity contribution in [3.05, 3.63) is 0 Å². The smallest absolute Gasteiger partial charge is 0.345 e. The Morgan fingerprint density at radius 3 is 2.44 bits per heavy atom. The molecule has 1 rings (SSSR count). The predicted molar refractivity (Wildman–Crippen MR) is 45.3 cm³/mol. The molecule has 0 aromatic rings. The predicted octanol–water partition coefficient (Wildman–Crippen LogP) is -0.534. The summed E-state index contributed by atoms with van der Waals surface area (Å²) in [5, 5.41) is 1.62. The molecule has 0 aliphatic carbocycles. The number of nitrogens with one attached hydrogen (secondary N) is 1. The molecule has 1 N–H and O–H groups in total. The van der Waals surface area contributed by atoms with Crippen LogP contribution in [0.4, 0.5) is 13.2 Å². The molecule has 8 heteroatoms. The average Bonchev–Trinajstić information content (AvgIpc) is 2.41. The van der Waals surface area contributed by atoms with Crippen LogP contribution in [-0.2, 0) is 14.4 Å². The second-order valence-electron chi connectivity index (χ2n) is 3.36. The second-order valence-corrected chi connectivity index (χ2v) is 3.36. The molecule has 5 nitrogen and oxygen atoms in total. The number of nitrogens with zero attached hydrogens (tertiary/aromatic N) is 1. The van der Waals surface area contributed by atoms with E-state index in [1.165, 1.54) is 0 Å². The van der Waals surface area contributed by atoms with Crippen molar-refractivity contribution >= 4 is 17.6 Å². The van der Waals surface area contributed by atoms with Gasteiger partial charge in [-0.2, -0.15) is 13.2 Å². The molecule has 0 atom stereocenters. The molecule has 1 aliphatic heterocycles. The zero-order valence-corrected chi connectivity index (χ0v) is 8.13. The van der Waals surface area contributed by atoms with Crippen LogP contribution in [0.1, 0.15) is 6.42 Å². The Bertz CT molecular complexity index is 327. The molecule has 0 bridgehead atoms. The Morgan fingerprint density at radius 2 is 2.00 bits per heavy atom. The van der Waals surface area contributed by atoms with Gasteiger partial charge in [0.2, 0.25) is 11.8 Å². The van der Waals surface area contributed by atoms with Gasteiger partial charge in [-0.3, -0.25) is 14.4 Å². The molecule has 0 aromatic carbocycles. The highest BCUT2D eigenvalue weighted by Gasteiger charge is 2.31. The number of carbonyl (C=O) groups is 3. The molecular weight excluding hydrogens is 229 g/mol. The highest BCUT2D eigenvalue weighted by Crippen LogP contribution is 2.12. The number of alkyl halides is 3. The van der Waals surface area contributed by atoms with E-state index in [2.05, 4.69) is 0 Å². The number of ketones is 1. The maximum Gasteiger partial charge on any atom is 0.405 e. The molecule has 0 radical (unpaired) electrons. The van der Waals surface area contributed by atoms with Crippen LogP contribution in [0.3, 0.4) is 0 Å². The fourth-order valence-electron chi connectivity index (χ4n) is 1.21. The van der Waals surface area contributed by atoms with E-state index in [4.69, 9.17) is 0 Å². The van der Waals surface area contributed by atoms with E-state index in [0.717, 1.165) is 4.90 Å². The van der Waals surface area contributed by atoms with Crippen LogP contribution in [0, 0.1) is 0 Å². The van der Waals surface area contributed by atoms with Crippen molar-refractivity contribution < 1.29 is 27.6 Å². The molecule has 0 saturated carbocycles. The first kappa shape index (κ1) is 12.5. The van der Waals surface area contributed by atoms with Crippen LogP contribution in [0.15, 0.2) is 0 Å². The number of amides is 2. The molecule has 90 valence electrons. The zero-order valence-electron chi connectivity index (χ0n) is 8.13. The number of likely N-dealkylation sites (tertiary alicyclic amines) is 1. The van der Waals surface area contributed by atoms with E-state index in [1.54, 1.807) is 5.32 Å². The van der Waals surface area contributed by atoms with Crippen LogP contribution in [0.5, 0.6) is 0 Å². The minimum Gasteiger partial charge on any atom is -0.345 e. The van der Waals surface area contributed by atoms with Crippen molar-refractivity contribution in [1.29, 1.82) is 0 Å². The van der Waals surface area contributed by atoms with Gasteiger partial charge >= 0.3 is 6.18 Å². The fraction of sp³-hybridized carbons (Fsp3) is 0.625. The monoisotopic (exact) mass is 238 g/mol. The van der Waals surface area contributed by atoms with Crippen LogP contribution < -0.4 is 5.32 Å². The molecule has 1 fully saturated rings. The fourth-order valence-corrected chi connectivity index (χ4v) is 1.21. The van der Waals surface area contributed by atoms with Crippen LogP contribution in [0.2, 0.25) is 0 Å². The van der Waals surface area contributed by atoms with Gasteiger partial charge in [0.05, 0.1) is 19.5 Å². The van der Waals surface area contributed by atoms with Gasteiger partial charge in [-0.15, -0.1) is 0 Å². The van der Waals surface area contributed by atoms with Gasteiger partial charge in [-0.25, -0.2) is 0 Å². The quantitative estimate of drug-likeness (QED) is 0.672.